The van der Waals surface area contributed by atoms with Gasteiger partial charge in [-0.05, 0) is 43.1 Å². The summed E-state index contributed by atoms with van der Waals surface area (Å²) < 4.78 is 21.2. The average Bonchev–Trinajstić information content (AvgIpc) is 3.18. The van der Waals surface area contributed by atoms with Gasteiger partial charge in [0.2, 0.25) is 0 Å². The summed E-state index contributed by atoms with van der Waals surface area (Å²) in [4.78, 5) is 9.41. The third-order valence-corrected chi connectivity index (χ3v) is 7.00. The number of nitrogens with two attached hydrogens (primary N) is 1. The van der Waals surface area contributed by atoms with E-state index >= 15 is 0 Å². The van der Waals surface area contributed by atoms with E-state index in [0.717, 1.165) is 53.7 Å². The number of pyridine rings is 1. The third-order valence-electron chi connectivity index (χ3n) is 5.30. The Morgan fingerprint density at radius 3 is 3.03 bits per heavy atom. The number of fused-ring (bicyclic) bond motifs is 1. The van der Waals surface area contributed by atoms with Gasteiger partial charge in [0.15, 0.2) is 11.5 Å². The molecule has 0 spiro atoms. The Hall–Kier alpha value is -2.11. The minimum absolute atomic E-state index is 0.212. The fourth-order valence-electron chi connectivity index (χ4n) is 3.70. The molecule has 6 nitrogen and oxygen atoms in total. The molecule has 2 aromatic heterocycles. The average molecular weight is 551 g/mol. The highest BCUT2D eigenvalue weighted by Crippen LogP contribution is 2.35. The van der Waals surface area contributed by atoms with Gasteiger partial charge in [0.25, 0.3) is 0 Å². The van der Waals surface area contributed by atoms with Gasteiger partial charge in [-0.2, -0.15) is 0 Å². The van der Waals surface area contributed by atoms with Crippen LogP contribution < -0.4 is 11.1 Å². The summed E-state index contributed by atoms with van der Waals surface area (Å²) in [6.45, 7) is 1.89. The van der Waals surface area contributed by atoms with Crippen LogP contribution in [0.2, 0.25) is 0 Å². The van der Waals surface area contributed by atoms with Crippen molar-refractivity contribution >= 4 is 53.1 Å². The Labute approximate surface area is 196 Å². The van der Waals surface area contributed by atoms with Gasteiger partial charge < -0.3 is 15.8 Å². The van der Waals surface area contributed by atoms with Gasteiger partial charge >= 0.3 is 0 Å². The number of nitrogens with one attached hydrogen (secondary N) is 1. The molecule has 162 valence electrons. The van der Waals surface area contributed by atoms with E-state index in [1.54, 1.807) is 25.6 Å². The SMILES string of the molecule is CO/C(N)=C(/C=NC1CCCNC1)c1cnc2c(c1)c(-c1cccc(F)c1)cn2SI. The van der Waals surface area contributed by atoms with Crippen molar-refractivity contribution in [3.8, 4) is 11.1 Å². The van der Waals surface area contributed by atoms with Gasteiger partial charge in [0.05, 0.1) is 18.7 Å². The first-order valence-corrected chi connectivity index (χ1v) is 13.3. The first-order chi connectivity index (χ1) is 15.1. The Bertz CT molecular complexity index is 1140. The number of methoxy groups -OCH3 is 1. The highest BCUT2D eigenvalue weighted by atomic mass is 127. The van der Waals surface area contributed by atoms with Crippen LogP contribution in [0.4, 0.5) is 4.39 Å². The number of piperidine rings is 1. The second-order valence-electron chi connectivity index (χ2n) is 7.30. The van der Waals surface area contributed by atoms with Crippen LogP contribution >= 0.6 is 30.3 Å². The number of aromatic nitrogens is 2. The molecule has 3 heterocycles. The molecule has 3 N–H and O–H groups in total. The van der Waals surface area contributed by atoms with Crippen LogP contribution in [0.1, 0.15) is 18.4 Å². The molecule has 1 aliphatic heterocycles. The van der Waals surface area contributed by atoms with Gasteiger partial charge in [-0.15, -0.1) is 0 Å². The number of aliphatic imine (C=N–C) groups is 1. The van der Waals surface area contributed by atoms with Crippen LogP contribution in [0.5, 0.6) is 0 Å². The lowest BCUT2D eigenvalue weighted by Gasteiger charge is -2.19. The summed E-state index contributed by atoms with van der Waals surface area (Å²) in [5, 5.41) is 4.27. The van der Waals surface area contributed by atoms with Crippen LogP contribution in [0.3, 0.4) is 0 Å². The summed E-state index contributed by atoms with van der Waals surface area (Å²) in [5.41, 5.74) is 10.1. The molecule has 0 amide bonds. The number of benzene rings is 1. The highest BCUT2D eigenvalue weighted by molar-refractivity contribution is 14.2. The zero-order valence-corrected chi connectivity index (χ0v) is 20.0. The van der Waals surface area contributed by atoms with Gasteiger partial charge in [-0.25, -0.2) is 9.37 Å². The van der Waals surface area contributed by atoms with Crippen LogP contribution in [0.15, 0.2) is 53.6 Å². The summed E-state index contributed by atoms with van der Waals surface area (Å²) >= 11 is 2.21. The molecule has 0 radical (unpaired) electrons. The maximum atomic E-state index is 13.9. The monoisotopic (exact) mass is 551 g/mol. The van der Waals surface area contributed by atoms with E-state index < -0.39 is 0 Å². The Kier molecular flexibility index (Phi) is 7.13. The summed E-state index contributed by atoms with van der Waals surface area (Å²) in [6, 6.07) is 8.80. The molecular weight excluding hydrogens is 528 g/mol. The minimum atomic E-state index is -0.276. The second-order valence-corrected chi connectivity index (χ2v) is 9.02. The molecular formula is C22H23FIN5OS. The molecule has 31 heavy (non-hydrogen) atoms. The molecule has 3 aromatic rings. The smallest absolute Gasteiger partial charge is 0.193 e. The van der Waals surface area contributed by atoms with Gasteiger partial charge in [-0.3, -0.25) is 8.96 Å². The molecule has 4 rings (SSSR count). The zero-order valence-electron chi connectivity index (χ0n) is 17.0. The standard InChI is InChI=1S/C22H23FIN5OS/c1-30-21(25)19(12-27-17-6-3-7-26-11-17)15-9-18-20(14-4-2-5-16(23)8-14)13-29(31-24)22(18)28-10-15/h2,4-5,8-10,12-13,17,26H,3,6-7,11,25H2,1H3/b21-19-,27-12?. The predicted octanol–water partition coefficient (Wildman–Crippen LogP) is 4.79. The van der Waals surface area contributed by atoms with E-state index in [2.05, 4.69) is 31.5 Å². The van der Waals surface area contributed by atoms with E-state index in [1.807, 2.05) is 22.3 Å². The molecule has 1 fully saturated rings. The fourth-order valence-corrected chi connectivity index (χ4v) is 4.95. The van der Waals surface area contributed by atoms with E-state index in [-0.39, 0.29) is 17.7 Å². The van der Waals surface area contributed by atoms with Crippen molar-refractivity contribution in [2.24, 2.45) is 10.7 Å². The molecule has 1 aliphatic rings. The van der Waals surface area contributed by atoms with E-state index in [1.165, 1.54) is 21.3 Å². The highest BCUT2D eigenvalue weighted by Gasteiger charge is 2.16. The van der Waals surface area contributed by atoms with Crippen molar-refractivity contribution < 1.29 is 9.13 Å². The number of ether oxygens (including phenoxy) is 1. The topological polar surface area (TPSA) is 77.5 Å². The lowest BCUT2D eigenvalue weighted by Crippen LogP contribution is -2.32. The molecule has 1 atom stereocenters. The van der Waals surface area contributed by atoms with Crippen LogP contribution in [0, 0.1) is 5.82 Å². The van der Waals surface area contributed by atoms with Crippen LogP contribution in [0.25, 0.3) is 27.7 Å². The lowest BCUT2D eigenvalue weighted by molar-refractivity contribution is 0.290. The van der Waals surface area contributed by atoms with Crippen molar-refractivity contribution in [3.05, 3.63) is 60.0 Å². The number of hydrogen-bond acceptors (Lipinski definition) is 6. The van der Waals surface area contributed by atoms with Crippen molar-refractivity contribution in [2.45, 2.75) is 18.9 Å². The van der Waals surface area contributed by atoms with E-state index in [9.17, 15) is 4.39 Å². The number of nitrogens with zero attached hydrogens (tertiary/aromatic N) is 3. The van der Waals surface area contributed by atoms with Gasteiger partial charge in [-0.1, -0.05) is 12.1 Å². The predicted molar refractivity (Wildman–Crippen MR) is 135 cm³/mol. The summed E-state index contributed by atoms with van der Waals surface area (Å²) in [5.74, 6) is 0.00532. The summed E-state index contributed by atoms with van der Waals surface area (Å²) in [7, 11) is 3.05. The minimum Gasteiger partial charge on any atom is -0.482 e. The number of hydrogen-bond donors (Lipinski definition) is 2. The van der Waals surface area contributed by atoms with Crippen molar-refractivity contribution in [3.63, 3.8) is 0 Å². The summed E-state index contributed by atoms with van der Waals surface area (Å²) in [6.07, 6.45) is 7.67. The van der Waals surface area contributed by atoms with Crippen molar-refractivity contribution in [2.75, 3.05) is 20.2 Å². The molecule has 1 aromatic carbocycles. The second kappa shape index (κ2) is 10.0. The number of halogens is 2. The number of allylic oxidation sites excluding steroid dienone is 1. The first kappa shape index (κ1) is 22.1. The number of rotatable bonds is 6. The quantitative estimate of drug-likeness (QED) is 0.262. The van der Waals surface area contributed by atoms with Gasteiger partial charge in [0.1, 0.15) is 5.82 Å². The Morgan fingerprint density at radius 2 is 2.32 bits per heavy atom. The largest absolute Gasteiger partial charge is 0.482 e. The van der Waals surface area contributed by atoms with E-state index in [0.29, 0.717) is 5.57 Å². The van der Waals surface area contributed by atoms with Crippen LogP contribution in [-0.2, 0) is 4.74 Å². The lowest BCUT2D eigenvalue weighted by atomic mass is 10.0. The first-order valence-electron chi connectivity index (χ1n) is 9.95. The van der Waals surface area contributed by atoms with Gasteiger partial charge in [0, 0.05) is 72.0 Å². The fraction of sp³-hybridized carbons (Fsp3) is 0.273. The third kappa shape index (κ3) is 4.88. The van der Waals surface area contributed by atoms with Crippen molar-refractivity contribution in [1.82, 2.24) is 14.3 Å². The van der Waals surface area contributed by atoms with Crippen molar-refractivity contribution in [1.29, 1.82) is 0 Å². The molecule has 9 heteroatoms. The molecule has 0 aliphatic carbocycles. The maximum Gasteiger partial charge on any atom is 0.193 e. The van der Waals surface area contributed by atoms with E-state index in [4.69, 9.17) is 15.5 Å². The molecule has 1 unspecified atom stereocenters. The molecule has 0 saturated carbocycles. The Balaban J connectivity index is 1.80. The zero-order chi connectivity index (χ0) is 21.8. The normalized spacial score (nSPS) is 17.8. The maximum absolute atomic E-state index is 13.9. The Morgan fingerprint density at radius 1 is 1.45 bits per heavy atom. The molecule has 1 saturated heterocycles. The van der Waals surface area contributed by atoms with Crippen LogP contribution in [-0.4, -0.2) is 41.4 Å². The molecule has 0 bridgehead atoms.